The average Bonchev–Trinajstić information content (AvgIpc) is 2.96. The van der Waals surface area contributed by atoms with Gasteiger partial charge < -0.3 is 4.74 Å². The third-order valence-corrected chi connectivity index (χ3v) is 4.01. The molecule has 2 rings (SSSR count). The summed E-state index contributed by atoms with van der Waals surface area (Å²) in [7, 11) is 0. The van der Waals surface area contributed by atoms with Crippen LogP contribution in [0.3, 0.4) is 0 Å². The molecule has 0 N–H and O–H groups in total. The molecule has 0 aliphatic heterocycles. The van der Waals surface area contributed by atoms with E-state index in [4.69, 9.17) is 16.3 Å². The van der Waals surface area contributed by atoms with Crippen molar-refractivity contribution in [2.24, 2.45) is 5.41 Å². The minimum Gasteiger partial charge on any atom is -0.493 e. The van der Waals surface area contributed by atoms with Crippen molar-refractivity contribution in [2.75, 3.05) is 11.9 Å². The summed E-state index contributed by atoms with van der Waals surface area (Å²) < 4.78 is 5.69. The van der Waals surface area contributed by atoms with Gasteiger partial charge in [0, 0.05) is 15.8 Å². The largest absolute Gasteiger partial charge is 0.493 e. The van der Waals surface area contributed by atoms with Crippen molar-refractivity contribution in [3.05, 3.63) is 29.3 Å². The van der Waals surface area contributed by atoms with E-state index in [9.17, 15) is 0 Å². The number of hydrogen-bond acceptors (Lipinski definition) is 1. The van der Waals surface area contributed by atoms with Crippen LogP contribution in [0, 0.1) is 5.41 Å². The predicted molar refractivity (Wildman–Crippen MR) is 62.4 cm³/mol. The van der Waals surface area contributed by atoms with Gasteiger partial charge in [-0.2, -0.15) is 0 Å². The van der Waals surface area contributed by atoms with Gasteiger partial charge in [0.15, 0.2) is 0 Å². The number of rotatable bonds is 4. The van der Waals surface area contributed by atoms with Crippen LogP contribution in [0.25, 0.3) is 0 Å². The quantitative estimate of drug-likeness (QED) is 0.758. The van der Waals surface area contributed by atoms with Crippen LogP contribution in [0.1, 0.15) is 12.8 Å². The first-order valence-corrected chi connectivity index (χ1v) is 6.18. The molecule has 0 atom stereocenters. The van der Waals surface area contributed by atoms with Crippen molar-refractivity contribution in [3.8, 4) is 5.75 Å². The zero-order chi connectivity index (χ0) is 10.0. The smallest absolute Gasteiger partial charge is 0.120 e. The third-order valence-electron chi connectivity index (χ3n) is 2.58. The normalized spacial score (nSPS) is 17.9. The first-order valence-electron chi connectivity index (χ1n) is 4.68. The van der Waals surface area contributed by atoms with Crippen LogP contribution in [0.2, 0.25) is 5.02 Å². The maximum atomic E-state index is 5.86. The van der Waals surface area contributed by atoms with Crippen molar-refractivity contribution in [2.45, 2.75) is 12.8 Å². The summed E-state index contributed by atoms with van der Waals surface area (Å²) in [5.74, 6) is 0.865. The number of alkyl halides is 1. The zero-order valence-corrected chi connectivity index (χ0v) is 10.1. The van der Waals surface area contributed by atoms with Gasteiger partial charge in [0.2, 0.25) is 0 Å². The van der Waals surface area contributed by atoms with Crippen molar-refractivity contribution in [3.63, 3.8) is 0 Å². The second kappa shape index (κ2) is 4.11. The lowest BCUT2D eigenvalue weighted by atomic mass is 10.2. The van der Waals surface area contributed by atoms with Gasteiger partial charge in [0.25, 0.3) is 0 Å². The molecule has 1 aliphatic rings. The van der Waals surface area contributed by atoms with Crippen LogP contribution in [0.4, 0.5) is 0 Å². The summed E-state index contributed by atoms with van der Waals surface area (Å²) >= 11 is 9.37. The van der Waals surface area contributed by atoms with E-state index in [1.165, 1.54) is 12.8 Å². The Morgan fingerprint density at radius 1 is 1.43 bits per heavy atom. The average molecular weight is 276 g/mol. The second-order valence-electron chi connectivity index (χ2n) is 3.88. The van der Waals surface area contributed by atoms with Gasteiger partial charge >= 0.3 is 0 Å². The van der Waals surface area contributed by atoms with Crippen LogP contribution in [-0.2, 0) is 0 Å². The fourth-order valence-electron chi connectivity index (χ4n) is 1.29. The van der Waals surface area contributed by atoms with E-state index in [1.807, 2.05) is 24.3 Å². The van der Waals surface area contributed by atoms with Crippen LogP contribution < -0.4 is 4.74 Å². The Morgan fingerprint density at radius 2 is 2.21 bits per heavy atom. The van der Waals surface area contributed by atoms with E-state index < -0.39 is 0 Å². The first kappa shape index (κ1) is 10.3. The van der Waals surface area contributed by atoms with E-state index in [1.54, 1.807) is 0 Å². The second-order valence-corrected chi connectivity index (χ2v) is 4.88. The number of ether oxygens (including phenoxy) is 1. The molecular formula is C11H12BrClO. The van der Waals surface area contributed by atoms with Crippen LogP contribution in [0.15, 0.2) is 24.3 Å². The Kier molecular flexibility index (Phi) is 3.03. The summed E-state index contributed by atoms with van der Waals surface area (Å²) in [6.45, 7) is 0.790. The summed E-state index contributed by atoms with van der Waals surface area (Å²) in [6.07, 6.45) is 2.53. The Hall–Kier alpha value is -0.210. The van der Waals surface area contributed by atoms with Gasteiger partial charge in [-0.25, -0.2) is 0 Å². The monoisotopic (exact) mass is 274 g/mol. The Bertz CT molecular complexity index is 323. The number of halogens is 2. The number of benzene rings is 1. The Morgan fingerprint density at radius 3 is 2.79 bits per heavy atom. The SMILES string of the molecule is Clc1cccc(OCC2(CBr)CC2)c1. The van der Waals surface area contributed by atoms with Gasteiger partial charge in [-0.1, -0.05) is 33.6 Å². The molecule has 0 saturated heterocycles. The molecule has 1 aromatic carbocycles. The molecule has 0 aromatic heterocycles. The maximum absolute atomic E-state index is 5.86. The van der Waals surface area contributed by atoms with Gasteiger partial charge in [0.05, 0.1) is 6.61 Å². The molecule has 0 amide bonds. The molecule has 1 nitrogen and oxygen atoms in total. The minimum absolute atomic E-state index is 0.391. The predicted octanol–water partition coefficient (Wildman–Crippen LogP) is 3.89. The van der Waals surface area contributed by atoms with Crippen molar-refractivity contribution >= 4 is 27.5 Å². The van der Waals surface area contributed by atoms with E-state index in [0.717, 1.165) is 22.7 Å². The van der Waals surface area contributed by atoms with E-state index >= 15 is 0 Å². The summed E-state index contributed by atoms with van der Waals surface area (Å²) in [4.78, 5) is 0. The molecule has 0 heterocycles. The Labute approximate surface area is 97.5 Å². The van der Waals surface area contributed by atoms with E-state index in [0.29, 0.717) is 5.41 Å². The fraction of sp³-hybridized carbons (Fsp3) is 0.455. The third kappa shape index (κ3) is 2.43. The zero-order valence-electron chi connectivity index (χ0n) is 7.80. The highest BCUT2D eigenvalue weighted by molar-refractivity contribution is 9.09. The van der Waals surface area contributed by atoms with E-state index in [-0.39, 0.29) is 0 Å². The van der Waals surface area contributed by atoms with Crippen LogP contribution in [-0.4, -0.2) is 11.9 Å². The van der Waals surface area contributed by atoms with Gasteiger partial charge in [-0.15, -0.1) is 0 Å². The van der Waals surface area contributed by atoms with Gasteiger partial charge in [0.1, 0.15) is 5.75 Å². The highest BCUT2D eigenvalue weighted by Gasteiger charge is 2.42. The summed E-state index contributed by atoms with van der Waals surface area (Å²) in [6, 6.07) is 7.55. The van der Waals surface area contributed by atoms with Gasteiger partial charge in [-0.3, -0.25) is 0 Å². The molecule has 0 radical (unpaired) electrons. The molecule has 1 fully saturated rings. The molecule has 0 spiro atoms. The lowest BCUT2D eigenvalue weighted by Gasteiger charge is -2.13. The standard InChI is InChI=1S/C11H12BrClO/c12-7-11(4-5-11)8-14-10-3-1-2-9(13)6-10/h1-3,6H,4-5,7-8H2. The van der Waals surface area contributed by atoms with Crippen LogP contribution in [0.5, 0.6) is 5.75 Å². The molecule has 0 unspecified atom stereocenters. The first-order chi connectivity index (χ1) is 6.74. The topological polar surface area (TPSA) is 9.23 Å². The lowest BCUT2D eigenvalue weighted by Crippen LogP contribution is -2.14. The van der Waals surface area contributed by atoms with E-state index in [2.05, 4.69) is 15.9 Å². The summed E-state index contributed by atoms with van der Waals surface area (Å²) in [5, 5.41) is 1.76. The summed E-state index contributed by atoms with van der Waals surface area (Å²) in [5.41, 5.74) is 0.391. The molecule has 1 saturated carbocycles. The van der Waals surface area contributed by atoms with Crippen LogP contribution >= 0.6 is 27.5 Å². The fourth-order valence-corrected chi connectivity index (χ4v) is 2.19. The molecule has 0 bridgehead atoms. The van der Waals surface area contributed by atoms with Crippen molar-refractivity contribution < 1.29 is 4.74 Å². The molecule has 1 aromatic rings. The highest BCUT2D eigenvalue weighted by Crippen LogP contribution is 2.47. The molecular weight excluding hydrogens is 263 g/mol. The highest BCUT2D eigenvalue weighted by atomic mass is 79.9. The molecule has 1 aliphatic carbocycles. The number of hydrogen-bond donors (Lipinski definition) is 0. The van der Waals surface area contributed by atoms with Crippen molar-refractivity contribution in [1.29, 1.82) is 0 Å². The minimum atomic E-state index is 0.391. The molecule has 14 heavy (non-hydrogen) atoms. The molecule has 76 valence electrons. The van der Waals surface area contributed by atoms with Gasteiger partial charge in [-0.05, 0) is 31.0 Å². The Balaban J connectivity index is 1.92. The lowest BCUT2D eigenvalue weighted by molar-refractivity contribution is 0.251. The maximum Gasteiger partial charge on any atom is 0.120 e. The van der Waals surface area contributed by atoms with Crippen molar-refractivity contribution in [1.82, 2.24) is 0 Å². The molecule has 3 heteroatoms.